The summed E-state index contributed by atoms with van der Waals surface area (Å²) in [6.45, 7) is 4.94. The Morgan fingerprint density at radius 2 is 1.92 bits per heavy atom. The average Bonchev–Trinajstić information content (AvgIpc) is 3.47. The SMILES string of the molecule is COC1CNC(Cl)CC1C1CC(C)NCC1C(=O)NC1NC2CN(C(=O)C3CCCNC3C(F)F)CC2S1. The van der Waals surface area contributed by atoms with Crippen molar-refractivity contribution >= 4 is 35.2 Å². The van der Waals surface area contributed by atoms with Gasteiger partial charge in [-0.2, -0.15) is 0 Å². The molecule has 0 bridgehead atoms. The van der Waals surface area contributed by atoms with E-state index in [4.69, 9.17) is 16.3 Å². The van der Waals surface area contributed by atoms with Gasteiger partial charge in [0, 0.05) is 50.6 Å². The van der Waals surface area contributed by atoms with Gasteiger partial charge < -0.3 is 25.6 Å². The number of thioether (sulfide) groups is 1. The number of nitrogens with zero attached hydrogens (tertiary/aromatic N) is 1. The standard InChI is InChI=1S/C25H41ClF2N6O3S/c1-12-6-14(15-7-20(26)31-9-18(15)37-2)16(8-30-12)23(35)33-25-32-17-10-34(11-19(17)38-25)24(36)13-4-3-5-29-21(13)22(27)28/h12-22,25,29-32H,3-11H2,1-2H3,(H,33,35). The summed E-state index contributed by atoms with van der Waals surface area (Å²) in [6.07, 6.45) is 0.322. The van der Waals surface area contributed by atoms with Crippen molar-refractivity contribution in [3.63, 3.8) is 0 Å². The lowest BCUT2D eigenvalue weighted by molar-refractivity contribution is -0.138. The van der Waals surface area contributed by atoms with Crippen LogP contribution in [0.15, 0.2) is 0 Å². The molecule has 5 aliphatic rings. The Hall–Kier alpha value is -0.760. The van der Waals surface area contributed by atoms with Crippen LogP contribution in [0.4, 0.5) is 8.78 Å². The van der Waals surface area contributed by atoms with Crippen molar-refractivity contribution in [2.24, 2.45) is 23.7 Å². The first-order valence-corrected chi connectivity index (χ1v) is 15.3. The van der Waals surface area contributed by atoms with E-state index < -0.39 is 18.4 Å². The van der Waals surface area contributed by atoms with Crippen LogP contribution in [0.5, 0.6) is 0 Å². The number of likely N-dealkylation sites (tertiary alicyclic amines) is 1. The number of rotatable bonds is 6. The number of hydrogen-bond donors (Lipinski definition) is 5. The fourth-order valence-corrected chi connectivity index (χ4v) is 8.84. The maximum absolute atomic E-state index is 13.6. The molecule has 0 aromatic heterocycles. The van der Waals surface area contributed by atoms with Gasteiger partial charge in [-0.25, -0.2) is 8.78 Å². The van der Waals surface area contributed by atoms with Crippen molar-refractivity contribution in [2.75, 3.05) is 39.8 Å². The first kappa shape index (κ1) is 28.8. The van der Waals surface area contributed by atoms with E-state index in [0.29, 0.717) is 45.2 Å². The van der Waals surface area contributed by atoms with E-state index in [9.17, 15) is 18.4 Å². The topological polar surface area (TPSA) is 107 Å². The van der Waals surface area contributed by atoms with Crippen LogP contribution in [-0.4, -0.2) is 103 Å². The molecule has 5 saturated heterocycles. The monoisotopic (exact) mass is 578 g/mol. The highest BCUT2D eigenvalue weighted by Crippen LogP contribution is 2.39. The molecule has 216 valence electrons. The Balaban J connectivity index is 1.17. The zero-order valence-corrected chi connectivity index (χ0v) is 23.6. The zero-order valence-electron chi connectivity index (χ0n) is 22.0. The lowest BCUT2D eigenvalue weighted by atomic mass is 9.70. The molecule has 11 atom stereocenters. The van der Waals surface area contributed by atoms with Crippen LogP contribution in [0.1, 0.15) is 32.6 Å². The zero-order chi connectivity index (χ0) is 27.0. The second-order valence-electron chi connectivity index (χ2n) is 11.5. The van der Waals surface area contributed by atoms with Gasteiger partial charge >= 0.3 is 0 Å². The normalized spacial score (nSPS) is 43.7. The third kappa shape index (κ3) is 6.11. The Kier molecular flexibility index (Phi) is 9.39. The molecule has 13 heteroatoms. The van der Waals surface area contributed by atoms with Crippen molar-refractivity contribution in [1.29, 1.82) is 0 Å². The van der Waals surface area contributed by atoms with E-state index in [2.05, 4.69) is 33.5 Å². The Morgan fingerprint density at radius 3 is 2.66 bits per heavy atom. The molecule has 5 rings (SSSR count). The highest BCUT2D eigenvalue weighted by Gasteiger charge is 2.48. The Morgan fingerprint density at radius 1 is 1.11 bits per heavy atom. The van der Waals surface area contributed by atoms with Crippen molar-refractivity contribution in [3.8, 4) is 0 Å². The summed E-state index contributed by atoms with van der Waals surface area (Å²) in [5.41, 5.74) is -0.371. The quantitative estimate of drug-likeness (QED) is 0.232. The number of carbonyl (C=O) groups is 2. The smallest absolute Gasteiger partial charge is 0.254 e. The third-order valence-electron chi connectivity index (χ3n) is 9.14. The van der Waals surface area contributed by atoms with E-state index >= 15 is 0 Å². The van der Waals surface area contributed by atoms with Crippen LogP contribution in [-0.2, 0) is 14.3 Å². The van der Waals surface area contributed by atoms with Crippen molar-refractivity contribution in [2.45, 2.75) is 79.5 Å². The number of methoxy groups -OCH3 is 1. The maximum Gasteiger partial charge on any atom is 0.254 e. The van der Waals surface area contributed by atoms with E-state index in [1.165, 1.54) is 0 Å². The number of halogens is 3. The third-order valence-corrected chi connectivity index (χ3v) is 10.8. The van der Waals surface area contributed by atoms with E-state index in [1.54, 1.807) is 23.8 Å². The maximum atomic E-state index is 13.6. The molecule has 0 spiro atoms. The first-order chi connectivity index (χ1) is 18.2. The summed E-state index contributed by atoms with van der Waals surface area (Å²) >= 11 is 8.07. The molecule has 0 saturated carbocycles. The number of carbonyl (C=O) groups excluding carboxylic acids is 2. The molecule has 5 aliphatic heterocycles. The fraction of sp³-hybridized carbons (Fsp3) is 0.920. The van der Waals surface area contributed by atoms with E-state index in [0.717, 1.165) is 19.3 Å². The van der Waals surface area contributed by atoms with Gasteiger partial charge in [-0.05, 0) is 51.0 Å². The van der Waals surface area contributed by atoms with Crippen molar-refractivity contribution in [3.05, 3.63) is 0 Å². The summed E-state index contributed by atoms with van der Waals surface area (Å²) in [7, 11) is 1.72. The van der Waals surface area contributed by atoms with Gasteiger partial charge in [-0.1, -0.05) is 0 Å². The number of ether oxygens (including phenoxy) is 1. The summed E-state index contributed by atoms with van der Waals surface area (Å²) in [4.78, 5) is 28.4. The van der Waals surface area contributed by atoms with Gasteiger partial charge in [-0.15, -0.1) is 23.4 Å². The average molecular weight is 579 g/mol. The Labute approximate surface area is 232 Å². The highest BCUT2D eigenvalue weighted by molar-refractivity contribution is 8.00. The number of amides is 2. The van der Waals surface area contributed by atoms with Gasteiger partial charge in [0.2, 0.25) is 11.8 Å². The van der Waals surface area contributed by atoms with Gasteiger partial charge in [0.1, 0.15) is 5.50 Å². The van der Waals surface area contributed by atoms with Crippen LogP contribution in [0, 0.1) is 23.7 Å². The number of fused-ring (bicyclic) bond motifs is 1. The molecule has 9 nitrogen and oxygen atoms in total. The van der Waals surface area contributed by atoms with Crippen molar-refractivity contribution in [1.82, 2.24) is 31.5 Å². The second-order valence-corrected chi connectivity index (χ2v) is 13.4. The Bertz CT molecular complexity index is 850. The lowest BCUT2D eigenvalue weighted by Crippen LogP contribution is -2.57. The number of hydrogen-bond acceptors (Lipinski definition) is 8. The molecule has 11 unspecified atom stereocenters. The minimum Gasteiger partial charge on any atom is -0.380 e. The highest BCUT2D eigenvalue weighted by atomic mass is 35.5. The van der Waals surface area contributed by atoms with Gasteiger partial charge in [-0.3, -0.25) is 20.2 Å². The minimum absolute atomic E-state index is 0.0138. The van der Waals surface area contributed by atoms with E-state index in [-0.39, 0.29) is 58.0 Å². The van der Waals surface area contributed by atoms with Crippen molar-refractivity contribution < 1.29 is 23.1 Å². The summed E-state index contributed by atoms with van der Waals surface area (Å²) < 4.78 is 32.8. The summed E-state index contributed by atoms with van der Waals surface area (Å²) in [5, 5.41) is 16.4. The van der Waals surface area contributed by atoms with Crippen LogP contribution >= 0.6 is 23.4 Å². The largest absolute Gasteiger partial charge is 0.380 e. The van der Waals surface area contributed by atoms with E-state index in [1.807, 2.05) is 0 Å². The molecule has 0 aromatic carbocycles. The molecule has 5 heterocycles. The molecular formula is C25H41ClF2N6O3S. The molecule has 5 N–H and O–H groups in total. The first-order valence-electron chi connectivity index (χ1n) is 13.9. The predicted molar refractivity (Wildman–Crippen MR) is 143 cm³/mol. The van der Waals surface area contributed by atoms with Gasteiger partial charge in [0.25, 0.3) is 6.43 Å². The molecule has 0 aliphatic carbocycles. The van der Waals surface area contributed by atoms with Gasteiger partial charge in [0.05, 0.1) is 29.5 Å². The molecule has 5 fully saturated rings. The number of alkyl halides is 3. The van der Waals surface area contributed by atoms with Crippen LogP contribution in [0.2, 0.25) is 0 Å². The summed E-state index contributed by atoms with van der Waals surface area (Å²) in [6, 6.07) is -0.734. The van der Waals surface area contributed by atoms with Crippen LogP contribution in [0.3, 0.4) is 0 Å². The fourth-order valence-electron chi connectivity index (χ4n) is 7.13. The number of piperidine rings is 3. The molecule has 0 radical (unpaired) electrons. The predicted octanol–water partition coefficient (Wildman–Crippen LogP) is 0.739. The second kappa shape index (κ2) is 12.4. The van der Waals surface area contributed by atoms with Crippen LogP contribution in [0.25, 0.3) is 0 Å². The molecular weight excluding hydrogens is 538 g/mol. The molecule has 2 amide bonds. The number of nitrogens with one attached hydrogen (secondary N) is 5. The van der Waals surface area contributed by atoms with Crippen LogP contribution < -0.4 is 26.6 Å². The summed E-state index contributed by atoms with van der Waals surface area (Å²) in [5.74, 6) is -0.692. The molecule has 0 aromatic rings. The minimum atomic E-state index is -2.56. The molecule has 38 heavy (non-hydrogen) atoms. The lowest BCUT2D eigenvalue weighted by Gasteiger charge is -2.45. The van der Waals surface area contributed by atoms with Gasteiger partial charge in [0.15, 0.2) is 0 Å².